The van der Waals surface area contributed by atoms with Crippen molar-refractivity contribution in [2.45, 2.75) is 6.92 Å². The molecule has 104 valence electrons. The molecule has 0 fully saturated rings. The van der Waals surface area contributed by atoms with Gasteiger partial charge in [-0.05, 0) is 25.1 Å². The molecule has 0 aliphatic carbocycles. The smallest absolute Gasteiger partial charge is 0.344 e. The van der Waals surface area contributed by atoms with E-state index in [1.165, 1.54) is 0 Å². The van der Waals surface area contributed by atoms with Gasteiger partial charge in [-0.3, -0.25) is 4.79 Å². The normalized spacial score (nSPS) is 9.79. The lowest BCUT2D eigenvalue weighted by atomic mass is 10.2. The number of halogens is 1. The van der Waals surface area contributed by atoms with E-state index in [0.717, 1.165) is 4.43 Å². The Balaban J connectivity index is 2.56. The first-order chi connectivity index (χ1) is 9.17. The topological polar surface area (TPSA) is 64.6 Å². The lowest BCUT2D eigenvalue weighted by Crippen LogP contribution is -2.25. The van der Waals surface area contributed by atoms with Crippen LogP contribution in [-0.4, -0.2) is 36.1 Å². The van der Waals surface area contributed by atoms with Gasteiger partial charge < -0.3 is 14.8 Å². The van der Waals surface area contributed by atoms with Gasteiger partial charge in [-0.15, -0.1) is 0 Å². The Labute approximate surface area is 125 Å². The molecular formula is C13H16INO4. The van der Waals surface area contributed by atoms with Crippen molar-refractivity contribution in [3.05, 3.63) is 29.8 Å². The zero-order chi connectivity index (χ0) is 14.1. The Kier molecular flexibility index (Phi) is 7.24. The van der Waals surface area contributed by atoms with Gasteiger partial charge in [0.25, 0.3) is 5.91 Å². The first-order valence-electron chi connectivity index (χ1n) is 5.90. The van der Waals surface area contributed by atoms with Crippen LogP contribution in [0.25, 0.3) is 0 Å². The summed E-state index contributed by atoms with van der Waals surface area (Å²) in [4.78, 5) is 22.9. The van der Waals surface area contributed by atoms with Gasteiger partial charge in [0.2, 0.25) is 0 Å². The summed E-state index contributed by atoms with van der Waals surface area (Å²) in [6.45, 7) is 2.51. The molecule has 6 heteroatoms. The van der Waals surface area contributed by atoms with Crippen molar-refractivity contribution in [2.24, 2.45) is 0 Å². The van der Waals surface area contributed by atoms with Crippen LogP contribution >= 0.6 is 22.6 Å². The molecule has 0 saturated carbocycles. The van der Waals surface area contributed by atoms with E-state index in [0.29, 0.717) is 24.5 Å². The van der Waals surface area contributed by atoms with Gasteiger partial charge in [-0.25, -0.2) is 4.79 Å². The van der Waals surface area contributed by atoms with Gasteiger partial charge in [0.1, 0.15) is 5.75 Å². The van der Waals surface area contributed by atoms with E-state index in [1.54, 1.807) is 31.2 Å². The second-order valence-electron chi connectivity index (χ2n) is 3.57. The molecule has 1 rings (SSSR count). The van der Waals surface area contributed by atoms with Crippen LogP contribution in [0.4, 0.5) is 0 Å². The number of rotatable bonds is 7. The molecule has 0 bridgehead atoms. The lowest BCUT2D eigenvalue weighted by Gasteiger charge is -2.07. The maximum atomic E-state index is 11.7. The Hall–Kier alpha value is -1.31. The van der Waals surface area contributed by atoms with E-state index >= 15 is 0 Å². The molecule has 1 N–H and O–H groups in total. The van der Waals surface area contributed by atoms with Crippen LogP contribution in [0.15, 0.2) is 24.3 Å². The average Bonchev–Trinajstić information content (AvgIpc) is 2.43. The minimum absolute atomic E-state index is 0.154. The summed E-state index contributed by atoms with van der Waals surface area (Å²) >= 11 is 2.18. The third-order valence-electron chi connectivity index (χ3n) is 2.14. The van der Waals surface area contributed by atoms with Crippen molar-refractivity contribution in [3.63, 3.8) is 0 Å². The monoisotopic (exact) mass is 377 g/mol. The van der Waals surface area contributed by atoms with Gasteiger partial charge in [-0.2, -0.15) is 0 Å². The summed E-state index contributed by atoms with van der Waals surface area (Å²) in [6.07, 6.45) is 0. The van der Waals surface area contributed by atoms with E-state index < -0.39 is 5.97 Å². The van der Waals surface area contributed by atoms with Crippen molar-refractivity contribution in [3.8, 4) is 5.75 Å². The third kappa shape index (κ3) is 5.91. The molecule has 0 radical (unpaired) electrons. The first-order valence-corrected chi connectivity index (χ1v) is 7.42. The van der Waals surface area contributed by atoms with Crippen LogP contribution in [0.2, 0.25) is 0 Å². The van der Waals surface area contributed by atoms with Crippen LogP contribution in [-0.2, 0) is 9.53 Å². The summed E-state index contributed by atoms with van der Waals surface area (Å²) in [6, 6.07) is 6.69. The van der Waals surface area contributed by atoms with E-state index in [4.69, 9.17) is 9.47 Å². The van der Waals surface area contributed by atoms with Crippen molar-refractivity contribution >= 4 is 34.5 Å². The Bertz CT molecular complexity index is 436. The molecule has 5 nitrogen and oxygen atoms in total. The standard InChI is InChI=1S/C13H16INO4/c1-2-18-12(16)9-19-11-5-3-4-10(8-11)13(17)15-7-6-14/h3-5,8H,2,6-7,9H2,1H3,(H,15,17). The van der Waals surface area contributed by atoms with E-state index in [2.05, 4.69) is 27.9 Å². The minimum atomic E-state index is -0.428. The second-order valence-corrected chi connectivity index (χ2v) is 4.65. The minimum Gasteiger partial charge on any atom is -0.482 e. The maximum absolute atomic E-state index is 11.7. The van der Waals surface area contributed by atoms with Crippen LogP contribution < -0.4 is 10.1 Å². The fraction of sp³-hybridized carbons (Fsp3) is 0.385. The highest BCUT2D eigenvalue weighted by molar-refractivity contribution is 14.1. The quantitative estimate of drug-likeness (QED) is 0.447. The summed E-state index contributed by atoms with van der Waals surface area (Å²) in [5.41, 5.74) is 0.506. The Morgan fingerprint density at radius 2 is 2.16 bits per heavy atom. The van der Waals surface area contributed by atoms with Crippen molar-refractivity contribution in [2.75, 3.05) is 24.2 Å². The van der Waals surface area contributed by atoms with Gasteiger partial charge in [-0.1, -0.05) is 28.7 Å². The molecule has 0 aromatic heterocycles. The molecule has 1 aromatic carbocycles. The van der Waals surface area contributed by atoms with Crippen LogP contribution in [0.1, 0.15) is 17.3 Å². The second kappa shape index (κ2) is 8.73. The third-order valence-corrected chi connectivity index (χ3v) is 2.68. The zero-order valence-electron chi connectivity index (χ0n) is 10.6. The molecule has 0 aliphatic heterocycles. The molecule has 19 heavy (non-hydrogen) atoms. The SMILES string of the molecule is CCOC(=O)COc1cccc(C(=O)NCCI)c1. The van der Waals surface area contributed by atoms with Crippen LogP contribution in [0.5, 0.6) is 5.75 Å². The first kappa shape index (κ1) is 15.7. The number of esters is 1. The van der Waals surface area contributed by atoms with Gasteiger partial charge in [0, 0.05) is 16.5 Å². The number of ether oxygens (including phenoxy) is 2. The molecule has 0 unspecified atom stereocenters. The number of hydrogen-bond acceptors (Lipinski definition) is 4. The molecule has 0 saturated heterocycles. The van der Waals surface area contributed by atoms with Gasteiger partial charge >= 0.3 is 5.97 Å². The summed E-state index contributed by atoms with van der Waals surface area (Å²) in [5.74, 6) is -0.115. The number of alkyl halides is 1. The summed E-state index contributed by atoms with van der Waals surface area (Å²) < 4.78 is 10.9. The molecule has 0 atom stereocenters. The van der Waals surface area contributed by atoms with E-state index in [-0.39, 0.29) is 12.5 Å². The molecule has 0 spiro atoms. The van der Waals surface area contributed by atoms with Crippen molar-refractivity contribution in [1.82, 2.24) is 5.32 Å². The fourth-order valence-electron chi connectivity index (χ4n) is 1.33. The number of hydrogen-bond donors (Lipinski definition) is 1. The van der Waals surface area contributed by atoms with E-state index in [9.17, 15) is 9.59 Å². The Morgan fingerprint density at radius 1 is 1.37 bits per heavy atom. The summed E-state index contributed by atoms with van der Waals surface area (Å²) in [7, 11) is 0. The highest BCUT2D eigenvalue weighted by Crippen LogP contribution is 2.13. The molecule has 1 amide bonds. The number of benzene rings is 1. The predicted octanol–water partition coefficient (Wildman–Crippen LogP) is 1.79. The molecule has 0 aliphatic rings. The molecule has 0 heterocycles. The number of carbonyl (C=O) groups excluding carboxylic acids is 2. The van der Waals surface area contributed by atoms with Gasteiger partial charge in [0.05, 0.1) is 6.61 Å². The lowest BCUT2D eigenvalue weighted by molar-refractivity contribution is -0.145. The molecular weight excluding hydrogens is 361 g/mol. The largest absolute Gasteiger partial charge is 0.482 e. The van der Waals surface area contributed by atoms with Gasteiger partial charge in [0.15, 0.2) is 6.61 Å². The number of carbonyl (C=O) groups is 2. The van der Waals surface area contributed by atoms with Crippen molar-refractivity contribution in [1.29, 1.82) is 0 Å². The predicted molar refractivity (Wildman–Crippen MR) is 79.8 cm³/mol. The van der Waals surface area contributed by atoms with E-state index in [1.807, 2.05) is 0 Å². The zero-order valence-corrected chi connectivity index (χ0v) is 12.8. The number of amides is 1. The Morgan fingerprint density at radius 3 is 2.84 bits per heavy atom. The van der Waals surface area contributed by atoms with Crippen LogP contribution in [0.3, 0.4) is 0 Å². The van der Waals surface area contributed by atoms with Crippen molar-refractivity contribution < 1.29 is 19.1 Å². The average molecular weight is 377 g/mol. The number of nitrogens with one attached hydrogen (secondary N) is 1. The maximum Gasteiger partial charge on any atom is 0.344 e. The summed E-state index contributed by atoms with van der Waals surface area (Å²) in [5, 5.41) is 2.77. The fourth-order valence-corrected chi connectivity index (χ4v) is 1.60. The van der Waals surface area contributed by atoms with Crippen LogP contribution in [0, 0.1) is 0 Å². The highest BCUT2D eigenvalue weighted by atomic mass is 127. The molecule has 1 aromatic rings. The highest BCUT2D eigenvalue weighted by Gasteiger charge is 2.07.